The first-order chi connectivity index (χ1) is 13.1. The van der Waals surface area contributed by atoms with Gasteiger partial charge in [-0.15, -0.1) is 5.10 Å². The van der Waals surface area contributed by atoms with Crippen LogP contribution in [0.15, 0.2) is 48.5 Å². The number of para-hydroxylation sites is 1. The number of benzene rings is 2. The van der Waals surface area contributed by atoms with Gasteiger partial charge in [0.05, 0.1) is 16.9 Å². The van der Waals surface area contributed by atoms with E-state index in [9.17, 15) is 9.18 Å². The maximum absolute atomic E-state index is 13.3. The highest BCUT2D eigenvalue weighted by molar-refractivity contribution is 6.03. The SMILES string of the molecule is CCc1ccccc1Nc1nn(-c2ccc(F)cc2)c2c1C(=O)CC(C)C2. The fourth-order valence-electron chi connectivity index (χ4n) is 3.72. The molecule has 3 aromatic rings. The molecule has 4 rings (SSSR count). The lowest BCUT2D eigenvalue weighted by Crippen LogP contribution is -2.19. The van der Waals surface area contributed by atoms with Crippen LogP contribution in [-0.4, -0.2) is 15.6 Å². The molecule has 0 saturated carbocycles. The van der Waals surface area contributed by atoms with Crippen molar-refractivity contribution in [3.8, 4) is 5.69 Å². The number of nitrogens with one attached hydrogen (secondary N) is 1. The number of hydrogen-bond acceptors (Lipinski definition) is 3. The molecule has 1 atom stereocenters. The molecule has 27 heavy (non-hydrogen) atoms. The lowest BCUT2D eigenvalue weighted by molar-refractivity contribution is 0.0953. The summed E-state index contributed by atoms with van der Waals surface area (Å²) in [5.41, 5.74) is 4.42. The van der Waals surface area contributed by atoms with Crippen LogP contribution in [-0.2, 0) is 12.8 Å². The Morgan fingerprint density at radius 2 is 1.89 bits per heavy atom. The van der Waals surface area contributed by atoms with Crippen molar-refractivity contribution in [2.45, 2.75) is 33.1 Å². The van der Waals surface area contributed by atoms with Crippen LogP contribution in [0.4, 0.5) is 15.9 Å². The molecule has 138 valence electrons. The normalized spacial score (nSPS) is 16.3. The zero-order valence-corrected chi connectivity index (χ0v) is 15.5. The van der Waals surface area contributed by atoms with E-state index >= 15 is 0 Å². The van der Waals surface area contributed by atoms with E-state index in [1.807, 2.05) is 18.2 Å². The smallest absolute Gasteiger partial charge is 0.168 e. The van der Waals surface area contributed by atoms with Gasteiger partial charge in [0.15, 0.2) is 11.6 Å². The van der Waals surface area contributed by atoms with Gasteiger partial charge in [0.2, 0.25) is 0 Å². The largest absolute Gasteiger partial charge is 0.338 e. The molecule has 1 heterocycles. The number of nitrogens with zero attached hydrogens (tertiary/aromatic N) is 2. The predicted octanol–water partition coefficient (Wildman–Crippen LogP) is 5.08. The maximum atomic E-state index is 13.3. The van der Waals surface area contributed by atoms with Crippen molar-refractivity contribution in [2.75, 3.05) is 5.32 Å². The first kappa shape index (κ1) is 17.5. The van der Waals surface area contributed by atoms with Crippen LogP contribution in [0.3, 0.4) is 0 Å². The van der Waals surface area contributed by atoms with Crippen molar-refractivity contribution in [3.63, 3.8) is 0 Å². The van der Waals surface area contributed by atoms with Crippen LogP contribution >= 0.6 is 0 Å². The van der Waals surface area contributed by atoms with Crippen LogP contribution in [0.5, 0.6) is 0 Å². The predicted molar refractivity (Wildman–Crippen MR) is 104 cm³/mol. The summed E-state index contributed by atoms with van der Waals surface area (Å²) in [6.07, 6.45) is 2.17. The molecule has 4 nitrogen and oxygen atoms in total. The summed E-state index contributed by atoms with van der Waals surface area (Å²) >= 11 is 0. The highest BCUT2D eigenvalue weighted by Crippen LogP contribution is 2.34. The third-order valence-electron chi connectivity index (χ3n) is 5.06. The van der Waals surface area contributed by atoms with E-state index in [0.717, 1.165) is 29.9 Å². The molecule has 0 bridgehead atoms. The standard InChI is InChI=1S/C22H22FN3O/c1-3-15-6-4-5-7-18(15)24-22-21-19(12-14(2)13-20(21)27)26(25-22)17-10-8-16(23)9-11-17/h4-11,14H,3,12-13H2,1-2H3,(H,24,25). The molecular weight excluding hydrogens is 341 g/mol. The van der Waals surface area contributed by atoms with Gasteiger partial charge in [-0.2, -0.15) is 0 Å². The fraction of sp³-hybridized carbons (Fsp3) is 0.273. The number of rotatable bonds is 4. The lowest BCUT2D eigenvalue weighted by atomic mass is 9.87. The summed E-state index contributed by atoms with van der Waals surface area (Å²) in [5.74, 6) is 0.650. The Hall–Kier alpha value is -2.95. The van der Waals surface area contributed by atoms with Gasteiger partial charge < -0.3 is 5.32 Å². The van der Waals surface area contributed by atoms with Crippen molar-refractivity contribution >= 4 is 17.3 Å². The van der Waals surface area contributed by atoms with Gasteiger partial charge >= 0.3 is 0 Å². The van der Waals surface area contributed by atoms with Gasteiger partial charge in [-0.25, -0.2) is 9.07 Å². The van der Waals surface area contributed by atoms with Crippen LogP contribution in [0, 0.1) is 11.7 Å². The summed E-state index contributed by atoms with van der Waals surface area (Å²) in [6, 6.07) is 14.2. The molecule has 0 radical (unpaired) electrons. The summed E-state index contributed by atoms with van der Waals surface area (Å²) in [6.45, 7) is 4.17. The number of carbonyl (C=O) groups excluding carboxylic acids is 1. The van der Waals surface area contributed by atoms with Crippen molar-refractivity contribution in [3.05, 3.63) is 71.2 Å². The van der Waals surface area contributed by atoms with Crippen molar-refractivity contribution in [1.82, 2.24) is 9.78 Å². The van der Waals surface area contributed by atoms with E-state index in [-0.39, 0.29) is 17.5 Å². The average Bonchev–Trinajstić information content (AvgIpc) is 3.01. The number of aryl methyl sites for hydroxylation is 1. The van der Waals surface area contributed by atoms with E-state index < -0.39 is 0 Å². The van der Waals surface area contributed by atoms with Crippen LogP contribution in [0.2, 0.25) is 0 Å². The van der Waals surface area contributed by atoms with Crippen LogP contribution in [0.1, 0.15) is 41.9 Å². The molecule has 0 aliphatic heterocycles. The van der Waals surface area contributed by atoms with Crippen molar-refractivity contribution in [1.29, 1.82) is 0 Å². The highest BCUT2D eigenvalue weighted by atomic mass is 19.1. The molecule has 2 aromatic carbocycles. The van der Waals surface area contributed by atoms with Gasteiger partial charge in [0, 0.05) is 12.1 Å². The second kappa shape index (κ2) is 6.99. The fourth-order valence-corrected chi connectivity index (χ4v) is 3.72. The minimum Gasteiger partial charge on any atom is -0.338 e. The number of anilines is 2. The molecule has 1 aliphatic rings. The molecule has 0 saturated heterocycles. The molecule has 0 amide bonds. The summed E-state index contributed by atoms with van der Waals surface area (Å²) in [7, 11) is 0. The molecule has 1 N–H and O–H groups in total. The Kier molecular flexibility index (Phi) is 4.52. The molecule has 0 fully saturated rings. The number of halogens is 1. The second-order valence-corrected chi connectivity index (χ2v) is 7.13. The number of carbonyl (C=O) groups is 1. The quantitative estimate of drug-likeness (QED) is 0.703. The first-order valence-corrected chi connectivity index (χ1v) is 9.32. The van der Waals surface area contributed by atoms with E-state index in [0.29, 0.717) is 17.8 Å². The molecule has 1 aromatic heterocycles. The van der Waals surface area contributed by atoms with E-state index in [1.54, 1.807) is 16.8 Å². The van der Waals surface area contributed by atoms with Crippen molar-refractivity contribution in [2.24, 2.45) is 5.92 Å². The van der Waals surface area contributed by atoms with E-state index in [4.69, 9.17) is 5.10 Å². The molecule has 5 heteroatoms. The average molecular weight is 363 g/mol. The third kappa shape index (κ3) is 3.25. The van der Waals surface area contributed by atoms with Gasteiger partial charge in [0.25, 0.3) is 0 Å². The zero-order chi connectivity index (χ0) is 19.0. The Morgan fingerprint density at radius 1 is 1.15 bits per heavy atom. The topological polar surface area (TPSA) is 46.9 Å². The Labute approximate surface area is 158 Å². The first-order valence-electron chi connectivity index (χ1n) is 9.32. The number of aromatic nitrogens is 2. The van der Waals surface area contributed by atoms with Crippen molar-refractivity contribution < 1.29 is 9.18 Å². The highest BCUT2D eigenvalue weighted by Gasteiger charge is 2.31. The van der Waals surface area contributed by atoms with Gasteiger partial charge in [-0.3, -0.25) is 4.79 Å². The van der Waals surface area contributed by atoms with Gasteiger partial charge in [-0.1, -0.05) is 32.0 Å². The Morgan fingerprint density at radius 3 is 2.63 bits per heavy atom. The van der Waals surface area contributed by atoms with E-state index in [2.05, 4.69) is 25.2 Å². The zero-order valence-electron chi connectivity index (χ0n) is 15.5. The summed E-state index contributed by atoms with van der Waals surface area (Å²) in [5, 5.41) is 8.08. The van der Waals surface area contributed by atoms with Crippen LogP contribution in [0.25, 0.3) is 5.69 Å². The second-order valence-electron chi connectivity index (χ2n) is 7.13. The maximum Gasteiger partial charge on any atom is 0.168 e. The van der Waals surface area contributed by atoms with Gasteiger partial charge in [0.1, 0.15) is 5.82 Å². The number of Topliss-reactive ketones (excluding diaryl/α,β-unsaturated/α-hetero) is 1. The lowest BCUT2D eigenvalue weighted by Gasteiger charge is -2.19. The van der Waals surface area contributed by atoms with Gasteiger partial charge in [-0.05, 0) is 54.7 Å². The molecule has 1 unspecified atom stereocenters. The molecule has 0 spiro atoms. The number of hydrogen-bond donors (Lipinski definition) is 1. The number of ketones is 1. The minimum atomic E-state index is -0.292. The summed E-state index contributed by atoms with van der Waals surface area (Å²) < 4.78 is 15.1. The van der Waals surface area contributed by atoms with E-state index in [1.165, 1.54) is 17.7 Å². The Bertz CT molecular complexity index is 991. The minimum absolute atomic E-state index is 0.105. The summed E-state index contributed by atoms with van der Waals surface area (Å²) in [4.78, 5) is 12.8. The third-order valence-corrected chi connectivity index (χ3v) is 5.06. The molecule has 1 aliphatic carbocycles. The van der Waals surface area contributed by atoms with Crippen LogP contribution < -0.4 is 5.32 Å². The monoisotopic (exact) mass is 363 g/mol. The Balaban J connectivity index is 1.84. The molecular formula is C22H22FN3O. The number of fused-ring (bicyclic) bond motifs is 1.